The number of likely N-dealkylation sites (tertiary alicyclic amines) is 1. The van der Waals surface area contributed by atoms with Crippen LogP contribution in [0.2, 0.25) is 5.02 Å². The molecule has 0 bridgehead atoms. The van der Waals surface area contributed by atoms with Crippen molar-refractivity contribution in [1.29, 1.82) is 0 Å². The molecule has 1 aliphatic heterocycles. The molecule has 0 amide bonds. The fraction of sp³-hybridized carbons (Fsp3) is 0.625. The van der Waals surface area contributed by atoms with Gasteiger partial charge in [-0.3, -0.25) is 4.90 Å². The molecule has 1 fully saturated rings. The Bertz CT molecular complexity index is 408. The molecule has 0 unspecified atom stereocenters. The van der Waals surface area contributed by atoms with Gasteiger partial charge in [-0.1, -0.05) is 31.5 Å². The molecule has 20 heavy (non-hydrogen) atoms. The van der Waals surface area contributed by atoms with E-state index in [4.69, 9.17) is 11.6 Å². The standard InChI is InChI=1S/C16H24ClFN2/c1-12(2)19-10-13-6-8-20(9-7-13)11-14-15(17)4-3-5-16(14)18/h3-5,12-13,19H,6-11H2,1-2H3. The van der Waals surface area contributed by atoms with Gasteiger partial charge in [-0.05, 0) is 50.5 Å². The molecule has 2 rings (SSSR count). The Balaban J connectivity index is 1.82. The first-order valence-electron chi connectivity index (χ1n) is 7.45. The predicted molar refractivity (Wildman–Crippen MR) is 82.5 cm³/mol. The molecule has 0 spiro atoms. The van der Waals surface area contributed by atoms with Crippen molar-refractivity contribution in [1.82, 2.24) is 10.2 Å². The molecule has 1 N–H and O–H groups in total. The van der Waals surface area contributed by atoms with Gasteiger partial charge in [-0.25, -0.2) is 4.39 Å². The zero-order valence-electron chi connectivity index (χ0n) is 12.3. The van der Waals surface area contributed by atoms with Crippen LogP contribution in [0.4, 0.5) is 4.39 Å². The van der Waals surface area contributed by atoms with Crippen molar-refractivity contribution in [3.63, 3.8) is 0 Å². The summed E-state index contributed by atoms with van der Waals surface area (Å²) in [7, 11) is 0. The molecular weight excluding hydrogens is 275 g/mol. The number of piperidine rings is 1. The normalized spacial score (nSPS) is 17.9. The van der Waals surface area contributed by atoms with Crippen molar-refractivity contribution >= 4 is 11.6 Å². The molecule has 1 saturated heterocycles. The number of halogens is 2. The summed E-state index contributed by atoms with van der Waals surface area (Å²) in [6, 6.07) is 5.45. The first-order chi connectivity index (χ1) is 9.56. The quantitative estimate of drug-likeness (QED) is 0.892. The lowest BCUT2D eigenvalue weighted by Crippen LogP contribution is -2.38. The third kappa shape index (κ3) is 4.44. The van der Waals surface area contributed by atoms with Crippen LogP contribution in [0, 0.1) is 11.7 Å². The predicted octanol–water partition coefficient (Wildman–Crippen LogP) is 3.69. The van der Waals surface area contributed by atoms with Crippen LogP contribution in [0.1, 0.15) is 32.3 Å². The maximum atomic E-state index is 13.8. The summed E-state index contributed by atoms with van der Waals surface area (Å²) in [4.78, 5) is 2.30. The first kappa shape index (κ1) is 15.7. The first-order valence-corrected chi connectivity index (χ1v) is 7.82. The Labute approximate surface area is 126 Å². The Kier molecular flexibility index (Phi) is 5.82. The minimum Gasteiger partial charge on any atom is -0.314 e. The second-order valence-corrected chi connectivity index (χ2v) is 6.39. The Hall–Kier alpha value is -0.640. The average molecular weight is 299 g/mol. The number of hydrogen-bond acceptors (Lipinski definition) is 2. The van der Waals surface area contributed by atoms with Crippen molar-refractivity contribution in [3.8, 4) is 0 Å². The van der Waals surface area contributed by atoms with E-state index in [0.717, 1.165) is 25.6 Å². The van der Waals surface area contributed by atoms with E-state index in [1.165, 1.54) is 18.9 Å². The second kappa shape index (κ2) is 7.39. The van der Waals surface area contributed by atoms with Crippen molar-refractivity contribution in [2.24, 2.45) is 5.92 Å². The topological polar surface area (TPSA) is 15.3 Å². The minimum atomic E-state index is -0.193. The summed E-state index contributed by atoms with van der Waals surface area (Å²) < 4.78 is 13.8. The van der Waals surface area contributed by atoms with E-state index in [0.29, 0.717) is 23.2 Å². The molecule has 0 saturated carbocycles. The molecule has 1 aromatic rings. The lowest BCUT2D eigenvalue weighted by molar-refractivity contribution is 0.172. The fourth-order valence-corrected chi connectivity index (χ4v) is 2.88. The van der Waals surface area contributed by atoms with Gasteiger partial charge in [0.25, 0.3) is 0 Å². The van der Waals surface area contributed by atoms with Gasteiger partial charge in [-0.15, -0.1) is 0 Å². The highest BCUT2D eigenvalue weighted by Crippen LogP contribution is 2.24. The zero-order valence-corrected chi connectivity index (χ0v) is 13.1. The van der Waals surface area contributed by atoms with Crippen LogP contribution in [0.25, 0.3) is 0 Å². The third-order valence-corrected chi connectivity index (χ3v) is 4.32. The van der Waals surface area contributed by atoms with Gasteiger partial charge in [0.1, 0.15) is 5.82 Å². The summed E-state index contributed by atoms with van der Waals surface area (Å²) >= 11 is 6.09. The highest BCUT2D eigenvalue weighted by molar-refractivity contribution is 6.31. The van der Waals surface area contributed by atoms with Crippen molar-refractivity contribution in [3.05, 3.63) is 34.6 Å². The Morgan fingerprint density at radius 1 is 1.35 bits per heavy atom. The van der Waals surface area contributed by atoms with Crippen LogP contribution in [0.5, 0.6) is 0 Å². The van der Waals surface area contributed by atoms with Crippen LogP contribution in [-0.2, 0) is 6.54 Å². The van der Waals surface area contributed by atoms with Crippen LogP contribution in [0.15, 0.2) is 18.2 Å². The number of nitrogens with zero attached hydrogens (tertiary/aromatic N) is 1. The van der Waals surface area contributed by atoms with E-state index in [1.54, 1.807) is 12.1 Å². The van der Waals surface area contributed by atoms with Gasteiger partial charge >= 0.3 is 0 Å². The molecular formula is C16H24ClFN2. The van der Waals surface area contributed by atoms with Crippen LogP contribution >= 0.6 is 11.6 Å². The SMILES string of the molecule is CC(C)NCC1CCN(Cc2c(F)cccc2Cl)CC1. The maximum absolute atomic E-state index is 13.8. The smallest absolute Gasteiger partial charge is 0.129 e. The maximum Gasteiger partial charge on any atom is 0.129 e. The monoisotopic (exact) mass is 298 g/mol. The molecule has 1 aromatic carbocycles. The summed E-state index contributed by atoms with van der Waals surface area (Å²) in [5.41, 5.74) is 0.632. The number of nitrogens with one attached hydrogen (secondary N) is 1. The second-order valence-electron chi connectivity index (χ2n) is 5.98. The third-order valence-electron chi connectivity index (χ3n) is 3.97. The Morgan fingerprint density at radius 2 is 2.05 bits per heavy atom. The van der Waals surface area contributed by atoms with Gasteiger partial charge in [0.15, 0.2) is 0 Å². The Morgan fingerprint density at radius 3 is 2.65 bits per heavy atom. The summed E-state index contributed by atoms with van der Waals surface area (Å²) in [6.45, 7) is 8.11. The highest BCUT2D eigenvalue weighted by Gasteiger charge is 2.20. The van der Waals surface area contributed by atoms with E-state index >= 15 is 0 Å². The molecule has 1 heterocycles. The van der Waals surface area contributed by atoms with Gasteiger partial charge < -0.3 is 5.32 Å². The molecule has 0 aliphatic carbocycles. The molecule has 2 nitrogen and oxygen atoms in total. The molecule has 0 atom stereocenters. The zero-order chi connectivity index (χ0) is 14.5. The minimum absolute atomic E-state index is 0.193. The average Bonchev–Trinajstić information content (AvgIpc) is 2.42. The number of hydrogen-bond donors (Lipinski definition) is 1. The lowest BCUT2D eigenvalue weighted by atomic mass is 9.96. The van der Waals surface area contributed by atoms with E-state index in [9.17, 15) is 4.39 Å². The van der Waals surface area contributed by atoms with Gasteiger partial charge in [0.2, 0.25) is 0 Å². The van der Waals surface area contributed by atoms with Crippen molar-refractivity contribution in [2.45, 2.75) is 39.3 Å². The van der Waals surface area contributed by atoms with Crippen LogP contribution < -0.4 is 5.32 Å². The van der Waals surface area contributed by atoms with E-state index < -0.39 is 0 Å². The van der Waals surface area contributed by atoms with E-state index in [2.05, 4.69) is 24.1 Å². The van der Waals surface area contributed by atoms with Crippen molar-refractivity contribution in [2.75, 3.05) is 19.6 Å². The molecule has 0 aromatic heterocycles. The summed E-state index contributed by atoms with van der Waals surface area (Å²) in [5.74, 6) is 0.547. The number of rotatable bonds is 5. The van der Waals surface area contributed by atoms with Crippen LogP contribution in [-0.4, -0.2) is 30.6 Å². The van der Waals surface area contributed by atoms with Gasteiger partial charge in [-0.2, -0.15) is 0 Å². The van der Waals surface area contributed by atoms with E-state index in [1.807, 2.05) is 0 Å². The van der Waals surface area contributed by atoms with Gasteiger partial charge in [0, 0.05) is 23.2 Å². The van der Waals surface area contributed by atoms with Crippen molar-refractivity contribution < 1.29 is 4.39 Å². The molecule has 0 radical (unpaired) electrons. The molecule has 4 heteroatoms. The summed E-state index contributed by atoms with van der Waals surface area (Å²) in [5, 5.41) is 4.03. The van der Waals surface area contributed by atoms with Crippen LogP contribution in [0.3, 0.4) is 0 Å². The molecule has 1 aliphatic rings. The summed E-state index contributed by atoms with van der Waals surface area (Å²) in [6.07, 6.45) is 2.34. The molecule has 112 valence electrons. The number of benzene rings is 1. The highest BCUT2D eigenvalue weighted by atomic mass is 35.5. The van der Waals surface area contributed by atoms with E-state index in [-0.39, 0.29) is 5.82 Å². The largest absolute Gasteiger partial charge is 0.314 e. The fourth-order valence-electron chi connectivity index (χ4n) is 2.66. The lowest BCUT2D eigenvalue weighted by Gasteiger charge is -2.32. The van der Waals surface area contributed by atoms with Gasteiger partial charge in [0.05, 0.1) is 0 Å².